The van der Waals surface area contributed by atoms with Crippen LogP contribution in [0.15, 0.2) is 40.8 Å². The van der Waals surface area contributed by atoms with Gasteiger partial charge in [0.2, 0.25) is 5.78 Å². The van der Waals surface area contributed by atoms with Crippen LogP contribution in [-0.2, 0) is 0 Å². The minimum Gasteiger partial charge on any atom is -0.452 e. The Balaban J connectivity index is 2.18. The lowest BCUT2D eigenvalue weighted by atomic mass is 9.98. The molecule has 21 heavy (non-hydrogen) atoms. The molecular weight excluding hydrogens is 260 g/mol. The van der Waals surface area contributed by atoms with Crippen LogP contribution in [0.3, 0.4) is 0 Å². The van der Waals surface area contributed by atoms with Gasteiger partial charge in [0, 0.05) is 16.5 Å². The molecule has 0 unspecified atom stereocenters. The van der Waals surface area contributed by atoms with E-state index in [0.29, 0.717) is 11.3 Å². The second-order valence-electron chi connectivity index (χ2n) is 5.70. The second-order valence-corrected chi connectivity index (χ2v) is 5.70. The van der Waals surface area contributed by atoms with Crippen molar-refractivity contribution in [2.75, 3.05) is 0 Å². The second kappa shape index (κ2) is 4.88. The van der Waals surface area contributed by atoms with Crippen molar-refractivity contribution >= 4 is 16.8 Å². The quantitative estimate of drug-likeness (QED) is 0.624. The van der Waals surface area contributed by atoms with Crippen LogP contribution in [0.25, 0.3) is 11.0 Å². The number of furan rings is 1. The summed E-state index contributed by atoms with van der Waals surface area (Å²) in [6.07, 6.45) is 0. The lowest BCUT2D eigenvalue weighted by molar-refractivity contribution is 0.101. The van der Waals surface area contributed by atoms with E-state index in [1.54, 1.807) is 0 Å². The van der Waals surface area contributed by atoms with Crippen molar-refractivity contribution in [3.05, 3.63) is 70.0 Å². The molecule has 0 bridgehead atoms. The van der Waals surface area contributed by atoms with Crippen molar-refractivity contribution < 1.29 is 9.21 Å². The Labute approximate surface area is 124 Å². The molecule has 2 aromatic carbocycles. The molecule has 0 atom stereocenters. The van der Waals surface area contributed by atoms with E-state index in [2.05, 4.69) is 0 Å². The van der Waals surface area contributed by atoms with Gasteiger partial charge in [-0.05, 0) is 51.0 Å². The van der Waals surface area contributed by atoms with E-state index in [4.69, 9.17) is 4.42 Å². The topological polar surface area (TPSA) is 30.2 Å². The molecule has 0 fully saturated rings. The first kappa shape index (κ1) is 13.6. The Morgan fingerprint density at radius 1 is 0.905 bits per heavy atom. The zero-order valence-corrected chi connectivity index (χ0v) is 12.8. The van der Waals surface area contributed by atoms with Crippen LogP contribution in [0.1, 0.15) is 38.4 Å². The van der Waals surface area contributed by atoms with Crippen molar-refractivity contribution in [1.29, 1.82) is 0 Å². The maximum atomic E-state index is 12.8. The molecule has 1 heterocycles. The van der Waals surface area contributed by atoms with Crippen molar-refractivity contribution in [3.8, 4) is 0 Å². The number of ketones is 1. The van der Waals surface area contributed by atoms with E-state index in [0.717, 1.165) is 33.2 Å². The van der Waals surface area contributed by atoms with Crippen LogP contribution < -0.4 is 0 Å². The summed E-state index contributed by atoms with van der Waals surface area (Å²) in [6, 6.07) is 11.9. The Morgan fingerprint density at radius 3 is 2.33 bits per heavy atom. The molecule has 3 aromatic rings. The van der Waals surface area contributed by atoms with Gasteiger partial charge in [0.1, 0.15) is 5.58 Å². The molecular formula is C19H18O2. The van der Waals surface area contributed by atoms with Crippen molar-refractivity contribution in [2.45, 2.75) is 27.7 Å². The molecule has 0 spiro atoms. The first-order chi connectivity index (χ1) is 9.97. The molecule has 0 radical (unpaired) electrons. The zero-order valence-electron chi connectivity index (χ0n) is 12.8. The standard InChI is InChI=1S/C19H18O2/c1-11-5-7-13(3)16(9-11)18(20)19-14(4)15-8-6-12(2)10-17(15)21-19/h5-10H,1-4H3. The van der Waals surface area contributed by atoms with Gasteiger partial charge >= 0.3 is 0 Å². The smallest absolute Gasteiger partial charge is 0.228 e. The summed E-state index contributed by atoms with van der Waals surface area (Å²) < 4.78 is 5.84. The maximum Gasteiger partial charge on any atom is 0.228 e. The summed E-state index contributed by atoms with van der Waals surface area (Å²) in [6.45, 7) is 7.91. The fourth-order valence-electron chi connectivity index (χ4n) is 2.65. The highest BCUT2D eigenvalue weighted by atomic mass is 16.3. The molecule has 0 aliphatic rings. The van der Waals surface area contributed by atoms with Gasteiger partial charge < -0.3 is 4.42 Å². The van der Waals surface area contributed by atoms with E-state index in [-0.39, 0.29) is 5.78 Å². The van der Waals surface area contributed by atoms with E-state index in [1.165, 1.54) is 0 Å². The lowest BCUT2D eigenvalue weighted by Gasteiger charge is -2.05. The number of benzene rings is 2. The Bertz CT molecular complexity index is 853. The predicted octanol–water partition coefficient (Wildman–Crippen LogP) is 4.90. The molecule has 0 N–H and O–H groups in total. The van der Waals surface area contributed by atoms with Crippen LogP contribution in [0.5, 0.6) is 0 Å². The molecule has 0 aliphatic carbocycles. The monoisotopic (exact) mass is 278 g/mol. The Hall–Kier alpha value is -2.35. The number of carbonyl (C=O) groups excluding carboxylic acids is 1. The highest BCUT2D eigenvalue weighted by molar-refractivity contribution is 6.11. The summed E-state index contributed by atoms with van der Waals surface area (Å²) >= 11 is 0. The van der Waals surface area contributed by atoms with Gasteiger partial charge in [-0.2, -0.15) is 0 Å². The summed E-state index contributed by atoms with van der Waals surface area (Å²) in [7, 11) is 0. The highest BCUT2D eigenvalue weighted by Crippen LogP contribution is 2.28. The normalized spacial score (nSPS) is 11.0. The number of fused-ring (bicyclic) bond motifs is 1. The summed E-state index contributed by atoms with van der Waals surface area (Å²) in [5.74, 6) is 0.409. The molecule has 2 heteroatoms. The third-order valence-electron chi connectivity index (χ3n) is 3.94. The van der Waals surface area contributed by atoms with Gasteiger partial charge in [-0.15, -0.1) is 0 Å². The summed E-state index contributed by atoms with van der Waals surface area (Å²) in [5, 5.41) is 1.01. The third kappa shape index (κ3) is 2.27. The first-order valence-electron chi connectivity index (χ1n) is 7.09. The molecule has 1 aromatic heterocycles. The number of aryl methyl sites for hydroxylation is 4. The van der Waals surface area contributed by atoms with Gasteiger partial charge in [-0.1, -0.05) is 29.8 Å². The van der Waals surface area contributed by atoms with Gasteiger partial charge in [0.25, 0.3) is 0 Å². The SMILES string of the molecule is Cc1ccc(C)c(C(=O)c2oc3cc(C)ccc3c2C)c1. The minimum atomic E-state index is -0.0393. The molecule has 3 rings (SSSR count). The molecule has 0 saturated heterocycles. The average molecular weight is 278 g/mol. The number of rotatable bonds is 2. The van der Waals surface area contributed by atoms with E-state index in [9.17, 15) is 4.79 Å². The minimum absolute atomic E-state index is 0.0393. The van der Waals surface area contributed by atoms with E-state index in [1.807, 2.05) is 64.1 Å². The van der Waals surface area contributed by atoms with Crippen molar-refractivity contribution in [2.24, 2.45) is 0 Å². The van der Waals surface area contributed by atoms with Crippen LogP contribution in [-0.4, -0.2) is 5.78 Å². The zero-order chi connectivity index (χ0) is 15.1. The Kier molecular flexibility index (Phi) is 3.17. The molecule has 0 aliphatic heterocycles. The number of carbonyl (C=O) groups is 1. The van der Waals surface area contributed by atoms with E-state index < -0.39 is 0 Å². The van der Waals surface area contributed by atoms with Gasteiger partial charge in [0.05, 0.1) is 0 Å². The fraction of sp³-hybridized carbons (Fsp3) is 0.211. The van der Waals surface area contributed by atoms with E-state index >= 15 is 0 Å². The van der Waals surface area contributed by atoms with Crippen molar-refractivity contribution in [1.82, 2.24) is 0 Å². The van der Waals surface area contributed by atoms with Gasteiger partial charge in [0.15, 0.2) is 5.76 Å². The van der Waals surface area contributed by atoms with Gasteiger partial charge in [-0.3, -0.25) is 4.79 Å². The summed E-state index contributed by atoms with van der Waals surface area (Å²) in [5.41, 5.74) is 5.59. The van der Waals surface area contributed by atoms with Crippen LogP contribution in [0.2, 0.25) is 0 Å². The first-order valence-corrected chi connectivity index (χ1v) is 7.09. The Morgan fingerprint density at radius 2 is 1.57 bits per heavy atom. The lowest BCUT2D eigenvalue weighted by Crippen LogP contribution is -2.04. The fourth-order valence-corrected chi connectivity index (χ4v) is 2.65. The van der Waals surface area contributed by atoms with Gasteiger partial charge in [-0.25, -0.2) is 0 Å². The summed E-state index contributed by atoms with van der Waals surface area (Å²) in [4.78, 5) is 12.8. The number of hydrogen-bond acceptors (Lipinski definition) is 2. The molecule has 106 valence electrons. The third-order valence-corrected chi connectivity index (χ3v) is 3.94. The average Bonchev–Trinajstić information content (AvgIpc) is 2.77. The van der Waals surface area contributed by atoms with Crippen molar-refractivity contribution in [3.63, 3.8) is 0 Å². The predicted molar refractivity (Wildman–Crippen MR) is 85.0 cm³/mol. The number of hydrogen-bond donors (Lipinski definition) is 0. The molecule has 2 nitrogen and oxygen atoms in total. The molecule has 0 amide bonds. The molecule has 0 saturated carbocycles. The van der Waals surface area contributed by atoms with Crippen LogP contribution in [0.4, 0.5) is 0 Å². The largest absolute Gasteiger partial charge is 0.452 e. The maximum absolute atomic E-state index is 12.8. The van der Waals surface area contributed by atoms with Crippen LogP contribution >= 0.6 is 0 Å². The van der Waals surface area contributed by atoms with Crippen LogP contribution in [0, 0.1) is 27.7 Å². The highest BCUT2D eigenvalue weighted by Gasteiger charge is 2.20.